The van der Waals surface area contributed by atoms with Gasteiger partial charge in [-0.2, -0.15) is 14.0 Å². The van der Waals surface area contributed by atoms with Crippen molar-refractivity contribution >= 4 is 0 Å². The minimum Gasteiger partial charge on any atom is -0.414 e. The third-order valence-electron chi connectivity index (χ3n) is 0.971. The Morgan fingerprint density at radius 3 is 2.67 bits per heavy atom. The number of halogens is 2. The zero-order valence-electron chi connectivity index (χ0n) is 5.74. The molecule has 1 aromatic rings. The maximum Gasteiger partial charge on any atom is 0.388 e. The Balaban J connectivity index is 2.91. The monoisotopic (exact) mass is 171 g/mol. The van der Waals surface area contributed by atoms with Crippen LogP contribution in [0.3, 0.4) is 0 Å². The second-order valence-corrected chi connectivity index (χ2v) is 1.70. The van der Waals surface area contributed by atoms with E-state index < -0.39 is 12.5 Å². The molecule has 1 rings (SSSR count). The standard InChI is InChI=1S/C6H3F2N3O/c7-6(8)12-5-4(3-9)10-1-2-11-5/h1-2,6H. The maximum absolute atomic E-state index is 11.6. The first kappa shape index (κ1) is 8.33. The van der Waals surface area contributed by atoms with Crippen molar-refractivity contribution in [3.63, 3.8) is 0 Å². The fraction of sp³-hybridized carbons (Fsp3) is 0.167. The van der Waals surface area contributed by atoms with E-state index in [0.29, 0.717) is 0 Å². The minimum absolute atomic E-state index is 0.252. The first-order valence-corrected chi connectivity index (χ1v) is 2.90. The van der Waals surface area contributed by atoms with Crippen LogP contribution in [0.1, 0.15) is 5.69 Å². The Hall–Kier alpha value is -1.77. The molecule has 0 spiro atoms. The third kappa shape index (κ3) is 1.85. The number of aromatic nitrogens is 2. The predicted octanol–water partition coefficient (Wildman–Crippen LogP) is 0.950. The highest BCUT2D eigenvalue weighted by Crippen LogP contribution is 2.12. The van der Waals surface area contributed by atoms with Crippen LogP contribution in [0.5, 0.6) is 5.88 Å². The number of ether oxygens (including phenoxy) is 1. The van der Waals surface area contributed by atoms with Crippen LogP contribution in [0.2, 0.25) is 0 Å². The minimum atomic E-state index is -2.99. The van der Waals surface area contributed by atoms with E-state index in [2.05, 4.69) is 14.7 Å². The summed E-state index contributed by atoms with van der Waals surface area (Å²) in [7, 11) is 0. The highest BCUT2D eigenvalue weighted by Gasteiger charge is 2.10. The topological polar surface area (TPSA) is 58.8 Å². The maximum atomic E-state index is 11.6. The molecule has 62 valence electrons. The molecular weight excluding hydrogens is 168 g/mol. The smallest absolute Gasteiger partial charge is 0.388 e. The lowest BCUT2D eigenvalue weighted by Gasteiger charge is -2.02. The van der Waals surface area contributed by atoms with E-state index in [9.17, 15) is 8.78 Å². The Morgan fingerprint density at radius 1 is 1.42 bits per heavy atom. The molecule has 0 aliphatic rings. The zero-order chi connectivity index (χ0) is 8.97. The number of rotatable bonds is 2. The van der Waals surface area contributed by atoms with E-state index in [1.807, 2.05) is 0 Å². The van der Waals surface area contributed by atoms with Gasteiger partial charge in [0.1, 0.15) is 6.07 Å². The van der Waals surface area contributed by atoms with Crippen LogP contribution in [0.4, 0.5) is 8.78 Å². The van der Waals surface area contributed by atoms with Gasteiger partial charge in [0.05, 0.1) is 0 Å². The largest absolute Gasteiger partial charge is 0.414 e. The first-order valence-electron chi connectivity index (χ1n) is 2.90. The molecule has 1 aromatic heterocycles. The molecule has 6 heteroatoms. The fourth-order valence-electron chi connectivity index (χ4n) is 0.573. The molecule has 0 radical (unpaired) electrons. The average Bonchev–Trinajstić information content (AvgIpc) is 2.04. The van der Waals surface area contributed by atoms with Gasteiger partial charge in [-0.15, -0.1) is 0 Å². The van der Waals surface area contributed by atoms with E-state index >= 15 is 0 Å². The highest BCUT2D eigenvalue weighted by atomic mass is 19.3. The van der Waals surface area contributed by atoms with E-state index in [1.54, 1.807) is 6.07 Å². The van der Waals surface area contributed by atoms with E-state index in [-0.39, 0.29) is 5.69 Å². The van der Waals surface area contributed by atoms with E-state index in [0.717, 1.165) is 0 Å². The second-order valence-electron chi connectivity index (χ2n) is 1.70. The quantitative estimate of drug-likeness (QED) is 0.664. The summed E-state index contributed by atoms with van der Waals surface area (Å²) >= 11 is 0. The molecule has 0 unspecified atom stereocenters. The summed E-state index contributed by atoms with van der Waals surface area (Å²) in [5.74, 6) is -0.449. The van der Waals surface area contributed by atoms with Gasteiger partial charge < -0.3 is 4.74 Å². The van der Waals surface area contributed by atoms with Crippen LogP contribution in [-0.4, -0.2) is 16.6 Å². The van der Waals surface area contributed by atoms with Crippen molar-refractivity contribution < 1.29 is 13.5 Å². The van der Waals surface area contributed by atoms with Crippen molar-refractivity contribution in [1.82, 2.24) is 9.97 Å². The molecule has 12 heavy (non-hydrogen) atoms. The number of nitrogens with zero attached hydrogens (tertiary/aromatic N) is 3. The summed E-state index contributed by atoms with van der Waals surface area (Å²) in [5.41, 5.74) is -0.252. The first-order chi connectivity index (χ1) is 5.74. The lowest BCUT2D eigenvalue weighted by molar-refractivity contribution is -0.0533. The van der Waals surface area contributed by atoms with Crippen LogP contribution in [-0.2, 0) is 0 Å². The molecule has 0 aromatic carbocycles. The van der Waals surface area contributed by atoms with E-state index in [1.165, 1.54) is 12.4 Å². The molecule has 0 amide bonds. The highest BCUT2D eigenvalue weighted by molar-refractivity contribution is 5.29. The summed E-state index contributed by atoms with van der Waals surface area (Å²) in [5, 5.41) is 8.35. The van der Waals surface area contributed by atoms with Crippen molar-refractivity contribution in [2.45, 2.75) is 6.61 Å². The molecule has 0 atom stereocenters. The number of hydrogen-bond acceptors (Lipinski definition) is 4. The summed E-state index contributed by atoms with van der Waals surface area (Å²) < 4.78 is 27.2. The molecular formula is C6H3F2N3O. The Morgan fingerprint density at radius 2 is 2.08 bits per heavy atom. The van der Waals surface area contributed by atoms with Gasteiger partial charge in [0, 0.05) is 12.4 Å². The zero-order valence-corrected chi connectivity index (χ0v) is 5.74. The average molecular weight is 171 g/mol. The third-order valence-corrected chi connectivity index (χ3v) is 0.971. The fourth-order valence-corrected chi connectivity index (χ4v) is 0.573. The van der Waals surface area contributed by atoms with Crippen molar-refractivity contribution in [2.75, 3.05) is 0 Å². The van der Waals surface area contributed by atoms with E-state index in [4.69, 9.17) is 5.26 Å². The van der Waals surface area contributed by atoms with Crippen molar-refractivity contribution in [1.29, 1.82) is 5.26 Å². The predicted molar refractivity (Wildman–Crippen MR) is 33.4 cm³/mol. The van der Waals surface area contributed by atoms with Gasteiger partial charge in [0.25, 0.3) is 5.88 Å². The van der Waals surface area contributed by atoms with Crippen LogP contribution in [0, 0.1) is 11.3 Å². The summed E-state index contributed by atoms with van der Waals surface area (Å²) in [6.45, 7) is -2.99. The Kier molecular flexibility index (Phi) is 2.48. The molecule has 0 saturated carbocycles. The molecule has 0 N–H and O–H groups in total. The van der Waals surface area contributed by atoms with Gasteiger partial charge in [-0.1, -0.05) is 0 Å². The lowest BCUT2D eigenvalue weighted by atomic mass is 10.5. The van der Waals surface area contributed by atoms with Crippen LogP contribution in [0.25, 0.3) is 0 Å². The van der Waals surface area contributed by atoms with Gasteiger partial charge in [-0.3, -0.25) is 0 Å². The summed E-state index contributed by atoms with van der Waals surface area (Å²) in [6.07, 6.45) is 2.38. The van der Waals surface area contributed by atoms with Gasteiger partial charge in [0.2, 0.25) is 5.69 Å². The number of nitriles is 1. The number of hydrogen-bond donors (Lipinski definition) is 0. The van der Waals surface area contributed by atoms with Gasteiger partial charge in [-0.25, -0.2) is 9.97 Å². The Labute approximate surface area is 66.4 Å². The molecule has 0 saturated heterocycles. The van der Waals surface area contributed by atoms with Crippen LogP contribution >= 0.6 is 0 Å². The lowest BCUT2D eigenvalue weighted by Crippen LogP contribution is -2.05. The molecule has 0 aliphatic carbocycles. The molecule has 0 bridgehead atoms. The Bertz CT molecular complexity index is 310. The molecule has 4 nitrogen and oxygen atoms in total. The normalized spacial score (nSPS) is 9.50. The number of alkyl halides is 2. The van der Waals surface area contributed by atoms with Gasteiger partial charge in [0.15, 0.2) is 0 Å². The van der Waals surface area contributed by atoms with Crippen molar-refractivity contribution in [2.24, 2.45) is 0 Å². The van der Waals surface area contributed by atoms with Gasteiger partial charge >= 0.3 is 6.61 Å². The summed E-state index contributed by atoms with van der Waals surface area (Å²) in [6, 6.07) is 1.57. The SMILES string of the molecule is N#Cc1nccnc1OC(F)F. The molecule has 1 heterocycles. The van der Waals surface area contributed by atoms with Crippen molar-refractivity contribution in [3.8, 4) is 11.9 Å². The summed E-state index contributed by atoms with van der Waals surface area (Å²) in [4.78, 5) is 6.87. The van der Waals surface area contributed by atoms with Crippen molar-refractivity contribution in [3.05, 3.63) is 18.1 Å². The van der Waals surface area contributed by atoms with Gasteiger partial charge in [-0.05, 0) is 0 Å². The van der Waals surface area contributed by atoms with Crippen LogP contribution in [0.15, 0.2) is 12.4 Å². The molecule has 0 aliphatic heterocycles. The second kappa shape index (κ2) is 3.57. The van der Waals surface area contributed by atoms with Crippen LogP contribution < -0.4 is 4.74 Å². The molecule has 0 fully saturated rings.